The summed E-state index contributed by atoms with van der Waals surface area (Å²) in [6.45, 7) is 12.7. The lowest BCUT2D eigenvalue weighted by molar-refractivity contribution is 0.0978. The molecule has 4 nitrogen and oxygen atoms in total. The Morgan fingerprint density at radius 3 is 1.55 bits per heavy atom. The van der Waals surface area contributed by atoms with Crippen LogP contribution in [0.4, 0.5) is 0 Å². The summed E-state index contributed by atoms with van der Waals surface area (Å²) in [5, 5.41) is 3.01. The maximum absolute atomic E-state index is 12.5. The smallest absolute Gasteiger partial charge is 0.279 e. The van der Waals surface area contributed by atoms with Crippen molar-refractivity contribution in [3.63, 3.8) is 0 Å². The fourth-order valence-corrected chi connectivity index (χ4v) is 3.05. The van der Waals surface area contributed by atoms with Gasteiger partial charge in [-0.3, -0.25) is 9.59 Å². The number of carbonyl (C=O) groups is 2. The van der Waals surface area contributed by atoms with Gasteiger partial charge in [-0.05, 0) is 52.5 Å². The van der Waals surface area contributed by atoms with Crippen LogP contribution in [0.3, 0.4) is 0 Å². The van der Waals surface area contributed by atoms with Crippen LogP contribution in [0.1, 0.15) is 73.4 Å². The highest BCUT2D eigenvalue weighted by Gasteiger charge is 2.17. The molecule has 2 aromatic carbocycles. The zero-order valence-electron chi connectivity index (χ0n) is 18.3. The third kappa shape index (κ3) is 6.29. The molecule has 1 N–H and O–H groups in total. The molecule has 0 bridgehead atoms. The van der Waals surface area contributed by atoms with Gasteiger partial charge in [0.2, 0.25) is 0 Å². The highest BCUT2D eigenvalue weighted by Crippen LogP contribution is 2.23. The maximum atomic E-state index is 12.5. The summed E-state index contributed by atoms with van der Waals surface area (Å²) in [6.07, 6.45) is 1.78. The Kier molecular flexibility index (Phi) is 7.06. The minimum Gasteiger partial charge on any atom is -0.301 e. The van der Waals surface area contributed by atoms with E-state index < -0.39 is 0 Å². The van der Waals surface area contributed by atoms with Crippen molar-refractivity contribution in [2.24, 2.45) is 4.99 Å². The average molecular weight is 411 g/mol. The average Bonchev–Trinajstić information content (AvgIpc) is 2.66. The lowest BCUT2D eigenvalue weighted by Crippen LogP contribution is -2.29. The summed E-state index contributed by atoms with van der Waals surface area (Å²) >= 11 is 1.23. The monoisotopic (exact) mass is 410 g/mol. The van der Waals surface area contributed by atoms with Gasteiger partial charge in [-0.1, -0.05) is 77.6 Å². The zero-order valence-corrected chi connectivity index (χ0v) is 19.1. The molecule has 0 aliphatic heterocycles. The summed E-state index contributed by atoms with van der Waals surface area (Å²) in [4.78, 5) is 29.1. The van der Waals surface area contributed by atoms with E-state index in [9.17, 15) is 9.59 Å². The van der Waals surface area contributed by atoms with Crippen LogP contribution >= 0.6 is 11.8 Å². The van der Waals surface area contributed by atoms with Crippen LogP contribution in [0, 0.1) is 0 Å². The second-order valence-corrected chi connectivity index (χ2v) is 9.83. The van der Waals surface area contributed by atoms with Crippen molar-refractivity contribution >= 4 is 28.7 Å². The van der Waals surface area contributed by atoms with Crippen LogP contribution in [0.2, 0.25) is 0 Å². The van der Waals surface area contributed by atoms with E-state index in [4.69, 9.17) is 0 Å². The highest BCUT2D eigenvalue weighted by molar-refractivity contribution is 8.13. The third-order valence-corrected chi connectivity index (χ3v) is 5.21. The van der Waals surface area contributed by atoms with Crippen molar-refractivity contribution in [3.8, 4) is 0 Å². The fourth-order valence-electron chi connectivity index (χ4n) is 2.69. The molecule has 2 amide bonds. The molecule has 0 saturated heterocycles. The third-order valence-electron chi connectivity index (χ3n) is 4.63. The fraction of sp³-hybridized carbons (Fsp3) is 0.375. The number of aliphatic imine (C=N–C) groups is 1. The Bertz CT molecular complexity index is 900. The van der Waals surface area contributed by atoms with Crippen molar-refractivity contribution in [1.29, 1.82) is 0 Å². The number of thioether (sulfide) groups is 1. The molecular weight excluding hydrogens is 380 g/mol. The van der Waals surface area contributed by atoms with Crippen LogP contribution in [0.15, 0.2) is 53.5 Å². The predicted octanol–water partition coefficient (Wildman–Crippen LogP) is 5.57. The van der Waals surface area contributed by atoms with Crippen molar-refractivity contribution in [2.75, 3.05) is 6.26 Å². The van der Waals surface area contributed by atoms with Gasteiger partial charge in [0.15, 0.2) is 5.17 Å². The first-order chi connectivity index (χ1) is 13.4. The van der Waals surface area contributed by atoms with Crippen molar-refractivity contribution in [1.82, 2.24) is 5.32 Å². The summed E-state index contributed by atoms with van der Waals surface area (Å²) in [5.41, 5.74) is 3.37. The van der Waals surface area contributed by atoms with Gasteiger partial charge in [-0.25, -0.2) is 0 Å². The van der Waals surface area contributed by atoms with Crippen LogP contribution < -0.4 is 5.32 Å². The molecule has 154 valence electrons. The second kappa shape index (κ2) is 8.95. The van der Waals surface area contributed by atoms with Gasteiger partial charge in [0, 0.05) is 11.1 Å². The van der Waals surface area contributed by atoms with Gasteiger partial charge in [0.1, 0.15) is 0 Å². The molecule has 0 heterocycles. The first-order valence-corrected chi connectivity index (χ1v) is 10.8. The summed E-state index contributed by atoms with van der Waals surface area (Å²) in [5.74, 6) is -0.660. The molecule has 0 aromatic heterocycles. The van der Waals surface area contributed by atoms with Crippen LogP contribution in [0.25, 0.3) is 0 Å². The maximum Gasteiger partial charge on any atom is 0.279 e. The molecule has 0 aliphatic carbocycles. The van der Waals surface area contributed by atoms with Crippen LogP contribution in [-0.2, 0) is 10.8 Å². The number of hydrogen-bond acceptors (Lipinski definition) is 3. The predicted molar refractivity (Wildman–Crippen MR) is 123 cm³/mol. The van der Waals surface area contributed by atoms with E-state index in [-0.39, 0.29) is 27.8 Å². The summed E-state index contributed by atoms with van der Waals surface area (Å²) in [7, 11) is 0. The lowest BCUT2D eigenvalue weighted by Gasteiger charge is -2.19. The summed E-state index contributed by atoms with van der Waals surface area (Å²) in [6, 6.07) is 14.9. The van der Waals surface area contributed by atoms with Gasteiger partial charge in [0.25, 0.3) is 11.8 Å². The Morgan fingerprint density at radius 1 is 0.759 bits per heavy atom. The quantitative estimate of drug-likeness (QED) is 0.520. The SMILES string of the molecule is CSC(=NC(=O)c1ccc(C(C)(C)C)cc1)NC(=O)c1ccc(C(C)(C)C)cc1. The molecule has 0 unspecified atom stereocenters. The lowest BCUT2D eigenvalue weighted by atomic mass is 9.87. The Labute approximate surface area is 178 Å². The first-order valence-electron chi connectivity index (χ1n) is 9.61. The number of nitrogens with zero attached hydrogens (tertiary/aromatic N) is 1. The molecule has 0 fully saturated rings. The van der Waals surface area contributed by atoms with E-state index >= 15 is 0 Å². The molecule has 2 aromatic rings. The molecule has 5 heteroatoms. The van der Waals surface area contributed by atoms with Crippen molar-refractivity contribution in [3.05, 3.63) is 70.8 Å². The minimum atomic E-state index is -0.377. The number of carbonyl (C=O) groups excluding carboxylic acids is 2. The molecule has 0 radical (unpaired) electrons. The Balaban J connectivity index is 2.13. The van der Waals surface area contributed by atoms with E-state index in [1.807, 2.05) is 24.3 Å². The van der Waals surface area contributed by atoms with E-state index in [1.165, 1.54) is 11.8 Å². The Morgan fingerprint density at radius 2 is 1.17 bits per heavy atom. The van der Waals surface area contributed by atoms with E-state index in [2.05, 4.69) is 51.9 Å². The number of nitrogens with one attached hydrogen (secondary N) is 1. The van der Waals surface area contributed by atoms with E-state index in [0.717, 1.165) is 11.1 Å². The van der Waals surface area contributed by atoms with Crippen LogP contribution in [-0.4, -0.2) is 23.2 Å². The van der Waals surface area contributed by atoms with Gasteiger partial charge < -0.3 is 5.32 Å². The Hall–Kier alpha value is -2.40. The van der Waals surface area contributed by atoms with Crippen molar-refractivity contribution < 1.29 is 9.59 Å². The molecule has 0 saturated carbocycles. The number of amides is 2. The van der Waals surface area contributed by atoms with Gasteiger partial charge in [-0.15, -0.1) is 0 Å². The van der Waals surface area contributed by atoms with Crippen LogP contribution in [0.5, 0.6) is 0 Å². The standard InChI is InChI=1S/C24H30N2O2S/c1-23(2,3)18-12-8-16(9-13-18)20(27)25-22(29-7)26-21(28)17-10-14-19(15-11-17)24(4,5)6/h8-15H,1-7H3,(H,25,26,27,28). The minimum absolute atomic E-state index is 0.0196. The normalized spacial score (nSPS) is 12.6. The molecule has 0 aliphatic rings. The highest BCUT2D eigenvalue weighted by atomic mass is 32.2. The van der Waals surface area contributed by atoms with E-state index in [1.54, 1.807) is 30.5 Å². The van der Waals surface area contributed by atoms with E-state index in [0.29, 0.717) is 11.1 Å². The number of benzene rings is 2. The van der Waals surface area contributed by atoms with Crippen molar-refractivity contribution in [2.45, 2.75) is 52.4 Å². The van der Waals surface area contributed by atoms with Gasteiger partial charge in [-0.2, -0.15) is 4.99 Å². The number of amidine groups is 1. The van der Waals surface area contributed by atoms with Gasteiger partial charge in [0.05, 0.1) is 0 Å². The second-order valence-electron chi connectivity index (χ2n) is 9.04. The zero-order chi connectivity index (χ0) is 21.8. The molecule has 0 spiro atoms. The largest absolute Gasteiger partial charge is 0.301 e. The molecule has 2 rings (SSSR count). The first kappa shape index (κ1) is 22.9. The topological polar surface area (TPSA) is 58.5 Å². The molecule has 29 heavy (non-hydrogen) atoms. The summed E-state index contributed by atoms with van der Waals surface area (Å²) < 4.78 is 0. The number of hydrogen-bond donors (Lipinski definition) is 1. The van der Waals surface area contributed by atoms with Gasteiger partial charge >= 0.3 is 0 Å². The molecule has 0 atom stereocenters. The molecular formula is C24H30N2O2S. The number of rotatable bonds is 2.